The molecule has 0 saturated heterocycles. The Morgan fingerprint density at radius 1 is 0.469 bits per heavy atom. The Hall–Kier alpha value is -7.29. The van der Waals surface area contributed by atoms with Crippen LogP contribution in [0, 0.1) is 0 Å². The van der Waals surface area contributed by atoms with E-state index in [1.54, 1.807) is 56.9 Å². The molecule has 64 heavy (non-hydrogen) atoms. The van der Waals surface area contributed by atoms with Crippen molar-refractivity contribution in [3.05, 3.63) is 59.7 Å². The van der Waals surface area contributed by atoms with Crippen molar-refractivity contribution in [3.8, 4) is 91.2 Å². The van der Waals surface area contributed by atoms with Crippen LogP contribution in [0.25, 0.3) is 43.8 Å². The largest absolute Gasteiger partial charge is 0.496 e. The molecule has 0 radical (unpaired) electrons. The molecule has 0 spiro atoms. The SMILES string of the molecule is COc1cc2c(OC)cc3c(c2cc1OC)N(C)[C@H](CC(=O)C[C@H]1c2c4c(cc(OC)c2-c2cc(OC)c5cc(OC)c(OC)cc5c2N1C)OCO4)c1c2c(cc(OC)c1-3)OCO2. The minimum atomic E-state index is -0.539. The molecule has 0 N–H and O–H groups in total. The van der Waals surface area contributed by atoms with Crippen molar-refractivity contribution in [2.24, 2.45) is 0 Å². The summed E-state index contributed by atoms with van der Waals surface area (Å²) in [5, 5.41) is 3.29. The molecule has 6 aromatic rings. The summed E-state index contributed by atoms with van der Waals surface area (Å²) in [7, 11) is 16.9. The highest BCUT2D eigenvalue weighted by Gasteiger charge is 2.43. The molecule has 0 unspecified atom stereocenters. The third-order valence-electron chi connectivity index (χ3n) is 13.0. The van der Waals surface area contributed by atoms with Crippen LogP contribution in [-0.2, 0) is 4.79 Å². The van der Waals surface area contributed by atoms with E-state index >= 15 is 4.79 Å². The quantitative estimate of drug-likeness (QED) is 0.116. The first kappa shape index (κ1) is 40.8. The van der Waals surface area contributed by atoms with Gasteiger partial charge in [0.1, 0.15) is 28.8 Å². The van der Waals surface area contributed by atoms with E-state index in [2.05, 4.69) is 9.80 Å². The van der Waals surface area contributed by atoms with Crippen LogP contribution < -0.4 is 66.6 Å². The summed E-state index contributed by atoms with van der Waals surface area (Å²) < 4.78 is 71.8. The highest BCUT2D eigenvalue weighted by Crippen LogP contribution is 2.62. The number of benzene rings is 6. The number of hydrogen-bond donors (Lipinski definition) is 0. The standard InChI is InChI=1S/C49H48N2O13/c1-50-30(44-42(38(59-9)19-40-48(44)63-21-61-40)28-17-32(53-3)24-13-34(55-5)36(57-7)15-26(24)46(28)50)11-23(52)12-31-45-43(39(60-10)20-41-49(45)64-22-62-41)29-18-33(54-4)25-14-35(56-6)37(58-8)16-27(25)47(29)51(31)2/h13-20,30-31H,11-12,21-22H2,1-10H3/t30-,31+. The Labute approximate surface area is 369 Å². The van der Waals surface area contributed by atoms with Crippen molar-refractivity contribution >= 4 is 38.7 Å². The molecule has 15 nitrogen and oxygen atoms in total. The van der Waals surface area contributed by atoms with E-state index in [9.17, 15) is 0 Å². The van der Waals surface area contributed by atoms with Crippen LogP contribution in [0.1, 0.15) is 36.1 Å². The number of methoxy groups -OCH3 is 8. The second-order valence-electron chi connectivity index (χ2n) is 15.9. The Morgan fingerprint density at radius 3 is 1.16 bits per heavy atom. The Morgan fingerprint density at radius 2 is 0.812 bits per heavy atom. The van der Waals surface area contributed by atoms with Crippen LogP contribution in [0.15, 0.2) is 48.5 Å². The third kappa shape index (κ3) is 5.82. The van der Waals surface area contributed by atoms with Gasteiger partial charge in [0.2, 0.25) is 13.6 Å². The number of carbonyl (C=O) groups is 1. The molecule has 4 aliphatic rings. The van der Waals surface area contributed by atoms with Gasteiger partial charge in [-0.25, -0.2) is 0 Å². The number of nitrogens with zero attached hydrogens (tertiary/aromatic N) is 2. The minimum Gasteiger partial charge on any atom is -0.496 e. The number of Topliss-reactive ketones (excluding diaryl/α,β-unsaturated/α-hetero) is 1. The van der Waals surface area contributed by atoms with Crippen molar-refractivity contribution in [3.63, 3.8) is 0 Å². The van der Waals surface area contributed by atoms with Crippen molar-refractivity contribution in [1.29, 1.82) is 0 Å². The van der Waals surface area contributed by atoms with Gasteiger partial charge in [0.15, 0.2) is 46.0 Å². The number of hydrogen-bond acceptors (Lipinski definition) is 15. The average molecular weight is 873 g/mol. The van der Waals surface area contributed by atoms with Crippen molar-refractivity contribution < 1.29 is 61.6 Å². The van der Waals surface area contributed by atoms with E-state index in [1.165, 1.54) is 0 Å². The maximum Gasteiger partial charge on any atom is 0.231 e. The maximum atomic E-state index is 15.3. The van der Waals surface area contributed by atoms with Gasteiger partial charge in [-0.05, 0) is 36.4 Å². The zero-order chi connectivity index (χ0) is 44.7. The lowest BCUT2D eigenvalue weighted by molar-refractivity contribution is -0.119. The fourth-order valence-corrected chi connectivity index (χ4v) is 10.2. The first-order valence-electron chi connectivity index (χ1n) is 20.7. The molecule has 0 aromatic heterocycles. The molecule has 4 heterocycles. The van der Waals surface area contributed by atoms with Gasteiger partial charge < -0.3 is 66.6 Å². The van der Waals surface area contributed by atoms with Gasteiger partial charge in [-0.3, -0.25) is 4.79 Å². The zero-order valence-electron chi connectivity index (χ0n) is 37.3. The number of anilines is 2. The molecule has 0 saturated carbocycles. The van der Waals surface area contributed by atoms with Crippen LogP contribution in [0.4, 0.5) is 11.4 Å². The van der Waals surface area contributed by atoms with E-state index in [-0.39, 0.29) is 32.2 Å². The fraction of sp³-hybridized carbons (Fsp3) is 0.327. The normalized spacial score (nSPS) is 16.2. The number of rotatable bonds is 12. The topological polar surface area (TPSA) is 134 Å². The van der Waals surface area contributed by atoms with Crippen LogP contribution in [0.5, 0.6) is 69.0 Å². The first-order chi connectivity index (χ1) is 31.1. The molecular formula is C49H48N2O13. The predicted molar refractivity (Wildman–Crippen MR) is 240 cm³/mol. The van der Waals surface area contributed by atoms with E-state index in [4.69, 9.17) is 56.8 Å². The zero-order valence-corrected chi connectivity index (χ0v) is 37.3. The molecule has 4 aliphatic heterocycles. The summed E-state index contributed by atoms with van der Waals surface area (Å²) in [6.45, 7) is 0.0510. The molecule has 0 aliphatic carbocycles. The highest BCUT2D eigenvalue weighted by atomic mass is 16.7. The lowest BCUT2D eigenvalue weighted by Crippen LogP contribution is -2.34. The lowest BCUT2D eigenvalue weighted by atomic mass is 9.80. The third-order valence-corrected chi connectivity index (χ3v) is 13.0. The summed E-state index contributed by atoms with van der Waals surface area (Å²) in [5.74, 6) is 6.75. The second-order valence-corrected chi connectivity index (χ2v) is 15.9. The minimum absolute atomic E-state index is 0.0255. The van der Waals surface area contributed by atoms with E-state index in [0.29, 0.717) is 69.0 Å². The van der Waals surface area contributed by atoms with Gasteiger partial charge >= 0.3 is 0 Å². The monoisotopic (exact) mass is 872 g/mol. The summed E-state index contributed by atoms with van der Waals surface area (Å²) in [5.41, 5.74) is 6.48. The highest BCUT2D eigenvalue weighted by molar-refractivity contribution is 6.11. The molecule has 0 bridgehead atoms. The summed E-state index contributed by atoms with van der Waals surface area (Å²) in [6.07, 6.45) is 0.161. The van der Waals surface area contributed by atoms with Crippen LogP contribution in [0.2, 0.25) is 0 Å². The van der Waals surface area contributed by atoms with Gasteiger partial charge in [0, 0.05) is 94.0 Å². The van der Waals surface area contributed by atoms with E-state index in [0.717, 1.165) is 66.3 Å². The lowest BCUT2D eigenvalue weighted by Gasteiger charge is -2.41. The summed E-state index contributed by atoms with van der Waals surface area (Å²) in [6, 6.07) is 14.3. The van der Waals surface area contributed by atoms with Gasteiger partial charge in [-0.1, -0.05) is 0 Å². The molecule has 10 rings (SSSR count). The number of ketones is 1. The van der Waals surface area contributed by atoms with Crippen molar-refractivity contribution in [1.82, 2.24) is 0 Å². The fourth-order valence-electron chi connectivity index (χ4n) is 10.2. The summed E-state index contributed by atoms with van der Waals surface area (Å²) >= 11 is 0. The summed E-state index contributed by atoms with van der Waals surface area (Å²) in [4.78, 5) is 19.6. The number of fused-ring (bicyclic) bond motifs is 14. The molecule has 332 valence electrons. The molecule has 2 atom stereocenters. The average Bonchev–Trinajstić information content (AvgIpc) is 4.01. The van der Waals surface area contributed by atoms with Gasteiger partial charge in [-0.2, -0.15) is 0 Å². The van der Waals surface area contributed by atoms with E-state index < -0.39 is 12.1 Å². The second kappa shape index (κ2) is 15.5. The van der Waals surface area contributed by atoms with E-state index in [1.807, 2.05) is 62.6 Å². The molecule has 15 heteroatoms. The maximum absolute atomic E-state index is 15.3. The molecular weight excluding hydrogens is 825 g/mol. The van der Waals surface area contributed by atoms with Crippen LogP contribution in [0.3, 0.4) is 0 Å². The first-order valence-corrected chi connectivity index (χ1v) is 20.7. The number of carbonyl (C=O) groups excluding carboxylic acids is 1. The Kier molecular flexibility index (Phi) is 9.87. The van der Waals surface area contributed by atoms with Gasteiger partial charge in [-0.15, -0.1) is 0 Å². The Balaban J connectivity index is 1.15. The molecule has 6 aromatic carbocycles. The Bertz CT molecular complexity index is 2740. The van der Waals surface area contributed by atoms with Gasteiger partial charge in [0.25, 0.3) is 0 Å². The molecule has 0 fully saturated rings. The van der Waals surface area contributed by atoms with Crippen LogP contribution >= 0.6 is 0 Å². The number of ether oxygens (including phenoxy) is 12. The molecule has 0 amide bonds. The van der Waals surface area contributed by atoms with Crippen molar-refractivity contribution in [2.45, 2.75) is 24.9 Å². The smallest absolute Gasteiger partial charge is 0.231 e. The van der Waals surface area contributed by atoms with Crippen LogP contribution in [-0.4, -0.2) is 90.3 Å². The van der Waals surface area contributed by atoms with Crippen molar-refractivity contribution in [2.75, 3.05) is 94.4 Å². The van der Waals surface area contributed by atoms with Gasteiger partial charge in [0.05, 0.1) is 80.3 Å². The predicted octanol–water partition coefficient (Wildman–Crippen LogP) is 8.88.